The third kappa shape index (κ3) is 4.22. The third-order valence-electron chi connectivity index (χ3n) is 4.35. The highest BCUT2D eigenvalue weighted by atomic mass is 32.2. The van der Waals surface area contributed by atoms with Crippen LogP contribution < -0.4 is 9.46 Å². The van der Waals surface area contributed by atoms with Crippen molar-refractivity contribution in [3.63, 3.8) is 0 Å². The smallest absolute Gasteiger partial charge is 0.240 e. The number of nitrogens with one attached hydrogen (secondary N) is 1. The van der Waals surface area contributed by atoms with Crippen LogP contribution in [0.3, 0.4) is 0 Å². The molecule has 0 bridgehead atoms. The summed E-state index contributed by atoms with van der Waals surface area (Å²) in [5.41, 5.74) is 0. The lowest BCUT2D eigenvalue weighted by atomic mass is 10.1. The van der Waals surface area contributed by atoms with Crippen molar-refractivity contribution >= 4 is 10.0 Å². The molecule has 1 saturated carbocycles. The summed E-state index contributed by atoms with van der Waals surface area (Å²) in [6.07, 6.45) is 5.07. The van der Waals surface area contributed by atoms with Crippen LogP contribution in [0.2, 0.25) is 0 Å². The number of halogens is 1. The molecule has 0 radical (unpaired) electrons. The highest BCUT2D eigenvalue weighted by Gasteiger charge is 2.24. The van der Waals surface area contributed by atoms with Gasteiger partial charge in [0.1, 0.15) is 6.10 Å². The third-order valence-corrected chi connectivity index (χ3v) is 5.87. The molecule has 2 fully saturated rings. The summed E-state index contributed by atoms with van der Waals surface area (Å²) in [4.78, 5) is -0.0544. The van der Waals surface area contributed by atoms with Gasteiger partial charge in [0.05, 0.1) is 18.1 Å². The molecule has 5 nitrogen and oxygen atoms in total. The Hall–Kier alpha value is -1.18. The van der Waals surface area contributed by atoms with Crippen LogP contribution in [0.5, 0.6) is 5.75 Å². The normalized spacial score (nSPS) is 20.7. The van der Waals surface area contributed by atoms with Crippen LogP contribution in [0.15, 0.2) is 23.1 Å². The lowest BCUT2D eigenvalue weighted by Gasteiger charge is -2.23. The first-order valence-corrected chi connectivity index (χ1v) is 9.59. The van der Waals surface area contributed by atoms with Gasteiger partial charge in [0.25, 0.3) is 0 Å². The number of hydrogen-bond acceptors (Lipinski definition) is 4. The van der Waals surface area contributed by atoms with E-state index in [9.17, 15) is 12.8 Å². The Bertz CT molecular complexity index is 637. The van der Waals surface area contributed by atoms with Gasteiger partial charge in [0.15, 0.2) is 11.6 Å². The fourth-order valence-electron chi connectivity index (χ4n) is 3.05. The topological polar surface area (TPSA) is 64.6 Å². The largest absolute Gasteiger partial charge is 0.487 e. The Balaban J connectivity index is 1.70. The van der Waals surface area contributed by atoms with Crippen molar-refractivity contribution in [1.82, 2.24) is 4.72 Å². The van der Waals surface area contributed by atoms with Gasteiger partial charge < -0.3 is 9.47 Å². The molecule has 0 spiro atoms. The maximum atomic E-state index is 14.2. The summed E-state index contributed by atoms with van der Waals surface area (Å²) >= 11 is 0. The molecular formula is C16H22FNO4S. The Labute approximate surface area is 136 Å². The molecular weight excluding hydrogens is 321 g/mol. The SMILES string of the molecule is O=S(=O)(NC1CCCC1)c1ccc(OC2CCOCC2)c(F)c1. The van der Waals surface area contributed by atoms with E-state index in [0.717, 1.165) is 31.7 Å². The minimum absolute atomic E-state index is 0.0405. The zero-order valence-corrected chi connectivity index (χ0v) is 13.8. The van der Waals surface area contributed by atoms with Crippen molar-refractivity contribution < 1.29 is 22.3 Å². The molecule has 1 aromatic carbocycles. The van der Waals surface area contributed by atoms with Gasteiger partial charge in [-0.05, 0) is 31.0 Å². The van der Waals surface area contributed by atoms with Gasteiger partial charge in [0.2, 0.25) is 10.0 Å². The fraction of sp³-hybridized carbons (Fsp3) is 0.625. The monoisotopic (exact) mass is 343 g/mol. The average molecular weight is 343 g/mol. The minimum atomic E-state index is -3.68. The fourth-order valence-corrected chi connectivity index (χ4v) is 4.37. The molecule has 1 heterocycles. The predicted molar refractivity (Wildman–Crippen MR) is 83.4 cm³/mol. The van der Waals surface area contributed by atoms with Gasteiger partial charge in [-0.15, -0.1) is 0 Å². The lowest BCUT2D eigenvalue weighted by molar-refractivity contribution is 0.0240. The van der Waals surface area contributed by atoms with Crippen molar-refractivity contribution in [2.24, 2.45) is 0 Å². The van der Waals surface area contributed by atoms with E-state index in [2.05, 4.69) is 4.72 Å². The molecule has 1 saturated heterocycles. The second kappa shape index (κ2) is 7.15. The Kier molecular flexibility index (Phi) is 5.18. The molecule has 3 rings (SSSR count). The Morgan fingerprint density at radius 1 is 1.13 bits per heavy atom. The van der Waals surface area contributed by atoms with E-state index >= 15 is 0 Å². The van der Waals surface area contributed by atoms with E-state index in [4.69, 9.17) is 9.47 Å². The summed E-state index contributed by atoms with van der Waals surface area (Å²) < 4.78 is 52.3. The van der Waals surface area contributed by atoms with E-state index in [-0.39, 0.29) is 22.8 Å². The van der Waals surface area contributed by atoms with Crippen molar-refractivity contribution in [1.29, 1.82) is 0 Å². The van der Waals surface area contributed by atoms with Crippen LogP contribution in [-0.4, -0.2) is 33.8 Å². The summed E-state index contributed by atoms with van der Waals surface area (Å²) in [5, 5.41) is 0. The maximum Gasteiger partial charge on any atom is 0.240 e. The van der Waals surface area contributed by atoms with Crippen LogP contribution in [-0.2, 0) is 14.8 Å². The maximum absolute atomic E-state index is 14.2. The van der Waals surface area contributed by atoms with Gasteiger partial charge >= 0.3 is 0 Å². The second-order valence-corrected chi connectivity index (χ2v) is 7.84. The summed E-state index contributed by atoms with van der Waals surface area (Å²) in [5.74, 6) is -0.553. The number of sulfonamides is 1. The first-order chi connectivity index (χ1) is 11.0. The van der Waals surface area contributed by atoms with Gasteiger partial charge in [0, 0.05) is 18.9 Å². The van der Waals surface area contributed by atoms with Gasteiger partial charge in [-0.3, -0.25) is 0 Å². The molecule has 1 aliphatic carbocycles. The first-order valence-electron chi connectivity index (χ1n) is 8.11. The van der Waals surface area contributed by atoms with E-state index in [0.29, 0.717) is 26.1 Å². The number of ether oxygens (including phenoxy) is 2. The van der Waals surface area contributed by atoms with Crippen LogP contribution in [0.25, 0.3) is 0 Å². The quantitative estimate of drug-likeness (QED) is 0.892. The summed E-state index contributed by atoms with van der Waals surface area (Å²) in [6, 6.07) is 3.79. The number of hydrogen-bond donors (Lipinski definition) is 1. The molecule has 23 heavy (non-hydrogen) atoms. The molecule has 1 N–H and O–H groups in total. The zero-order chi connectivity index (χ0) is 16.3. The van der Waals surface area contributed by atoms with Gasteiger partial charge in [-0.2, -0.15) is 0 Å². The predicted octanol–water partition coefficient (Wildman–Crippen LogP) is 2.60. The minimum Gasteiger partial charge on any atom is -0.487 e. The van der Waals surface area contributed by atoms with E-state index in [1.165, 1.54) is 12.1 Å². The van der Waals surface area contributed by atoms with Crippen LogP contribution in [0.4, 0.5) is 4.39 Å². The molecule has 0 unspecified atom stereocenters. The van der Waals surface area contributed by atoms with E-state index in [1.807, 2.05) is 0 Å². The molecule has 0 aromatic heterocycles. The molecule has 0 amide bonds. The molecule has 2 aliphatic rings. The second-order valence-electron chi connectivity index (χ2n) is 6.12. The van der Waals surface area contributed by atoms with Crippen molar-refractivity contribution in [2.75, 3.05) is 13.2 Å². The van der Waals surface area contributed by atoms with Crippen LogP contribution >= 0.6 is 0 Å². The Morgan fingerprint density at radius 3 is 2.48 bits per heavy atom. The highest BCUT2D eigenvalue weighted by molar-refractivity contribution is 7.89. The van der Waals surface area contributed by atoms with E-state index in [1.54, 1.807) is 0 Å². The summed E-state index contributed by atoms with van der Waals surface area (Å²) in [6.45, 7) is 1.20. The summed E-state index contributed by atoms with van der Waals surface area (Å²) in [7, 11) is -3.68. The lowest BCUT2D eigenvalue weighted by Crippen LogP contribution is -2.32. The highest BCUT2D eigenvalue weighted by Crippen LogP contribution is 2.25. The molecule has 128 valence electrons. The van der Waals surface area contributed by atoms with Crippen molar-refractivity contribution in [3.05, 3.63) is 24.0 Å². The Morgan fingerprint density at radius 2 is 1.83 bits per heavy atom. The number of rotatable bonds is 5. The zero-order valence-electron chi connectivity index (χ0n) is 13.0. The van der Waals surface area contributed by atoms with Crippen molar-refractivity contribution in [3.8, 4) is 5.75 Å². The molecule has 0 atom stereocenters. The standard InChI is InChI=1S/C16H22FNO4S/c17-15-11-14(23(19,20)18-12-3-1-2-4-12)5-6-16(15)22-13-7-9-21-10-8-13/h5-6,11-13,18H,1-4,7-10H2. The average Bonchev–Trinajstić information content (AvgIpc) is 3.02. The van der Waals surface area contributed by atoms with Crippen LogP contribution in [0, 0.1) is 5.82 Å². The molecule has 1 aliphatic heterocycles. The van der Waals surface area contributed by atoms with Gasteiger partial charge in [-0.1, -0.05) is 12.8 Å². The van der Waals surface area contributed by atoms with Crippen molar-refractivity contribution in [2.45, 2.75) is 55.6 Å². The number of benzene rings is 1. The van der Waals surface area contributed by atoms with Gasteiger partial charge in [-0.25, -0.2) is 17.5 Å². The first kappa shape index (κ1) is 16.7. The molecule has 1 aromatic rings. The van der Waals surface area contributed by atoms with Crippen LogP contribution in [0.1, 0.15) is 38.5 Å². The van der Waals surface area contributed by atoms with E-state index < -0.39 is 15.8 Å². The molecule has 7 heteroatoms.